The fourth-order valence-electron chi connectivity index (χ4n) is 3.03. The molecule has 1 aliphatic carbocycles. The molecular weight excluding hydrogens is 382 g/mol. The number of rotatable bonds is 4. The van der Waals surface area contributed by atoms with Gasteiger partial charge in [-0.15, -0.1) is 0 Å². The van der Waals surface area contributed by atoms with E-state index in [4.69, 9.17) is 4.74 Å². The molecule has 0 saturated carbocycles. The Hall–Kier alpha value is -2.14. The summed E-state index contributed by atoms with van der Waals surface area (Å²) in [5.41, 5.74) is 4.68. The maximum atomic E-state index is 12.2. The van der Waals surface area contributed by atoms with E-state index in [0.717, 1.165) is 29.3 Å². The molecule has 0 unspecified atom stereocenters. The number of esters is 1. The Balaban J connectivity index is 1.57. The van der Waals surface area contributed by atoms with E-state index in [1.165, 1.54) is 17.5 Å². The van der Waals surface area contributed by atoms with E-state index in [2.05, 4.69) is 21.2 Å². The smallest absolute Gasteiger partial charge is 0.338 e. The molecule has 0 aromatic heterocycles. The van der Waals surface area contributed by atoms with Crippen LogP contribution in [-0.4, -0.2) is 18.5 Å². The highest BCUT2D eigenvalue weighted by atomic mass is 79.9. The van der Waals surface area contributed by atoms with E-state index in [1.807, 2.05) is 37.3 Å². The fourth-order valence-corrected chi connectivity index (χ4v) is 3.50. The Bertz CT molecular complexity index is 817. The van der Waals surface area contributed by atoms with Crippen LogP contribution in [-0.2, 0) is 22.4 Å². The number of carbonyl (C=O) groups excluding carboxylic acids is 2. The van der Waals surface area contributed by atoms with Crippen molar-refractivity contribution in [1.29, 1.82) is 0 Å². The molecule has 0 saturated heterocycles. The zero-order valence-electron chi connectivity index (χ0n) is 14.1. The number of halogens is 1. The van der Waals surface area contributed by atoms with Gasteiger partial charge >= 0.3 is 5.97 Å². The lowest BCUT2D eigenvalue weighted by molar-refractivity contribution is -0.119. The number of hydrogen-bond acceptors (Lipinski definition) is 3. The minimum Gasteiger partial charge on any atom is -0.452 e. The Labute approximate surface area is 155 Å². The molecule has 0 spiro atoms. The quantitative estimate of drug-likeness (QED) is 0.770. The van der Waals surface area contributed by atoms with E-state index >= 15 is 0 Å². The van der Waals surface area contributed by atoms with Crippen molar-refractivity contribution in [1.82, 2.24) is 0 Å². The number of carbonyl (C=O) groups is 2. The lowest BCUT2D eigenvalue weighted by Gasteiger charge is -2.16. The lowest BCUT2D eigenvalue weighted by Crippen LogP contribution is -2.21. The second-order valence-electron chi connectivity index (χ2n) is 6.27. The van der Waals surface area contributed by atoms with Crippen LogP contribution in [0.3, 0.4) is 0 Å². The summed E-state index contributed by atoms with van der Waals surface area (Å²) in [6.45, 7) is 1.60. The molecule has 5 heteroatoms. The molecular formula is C20H20BrNO3. The molecule has 0 radical (unpaired) electrons. The summed E-state index contributed by atoms with van der Waals surface area (Å²) in [6, 6.07) is 11.2. The van der Waals surface area contributed by atoms with Crippen molar-refractivity contribution < 1.29 is 14.3 Å². The van der Waals surface area contributed by atoms with Crippen molar-refractivity contribution in [2.75, 3.05) is 11.9 Å². The van der Waals surface area contributed by atoms with Crippen LogP contribution < -0.4 is 5.32 Å². The molecule has 25 heavy (non-hydrogen) atoms. The van der Waals surface area contributed by atoms with Gasteiger partial charge in [0.1, 0.15) is 0 Å². The average Bonchev–Trinajstić information content (AvgIpc) is 2.61. The fraction of sp³-hybridized carbons (Fsp3) is 0.300. The summed E-state index contributed by atoms with van der Waals surface area (Å²) in [4.78, 5) is 24.2. The first-order chi connectivity index (χ1) is 12.0. The molecule has 0 atom stereocenters. The molecule has 0 heterocycles. The predicted octanol–water partition coefficient (Wildman–Crippen LogP) is 4.43. The maximum absolute atomic E-state index is 12.2. The number of aryl methyl sites for hydroxylation is 3. The standard InChI is InChI=1S/C20H20BrNO3/c1-13-10-17(21)8-9-18(13)22-19(23)12-25-20(24)16-7-6-14-4-2-3-5-15(14)11-16/h6-11H,2-5,12H2,1H3,(H,22,23). The Kier molecular flexibility index (Phi) is 5.53. The van der Waals surface area contributed by atoms with E-state index in [0.29, 0.717) is 11.3 Å². The predicted molar refractivity (Wildman–Crippen MR) is 101 cm³/mol. The normalized spacial score (nSPS) is 13.0. The molecule has 2 aromatic rings. The van der Waals surface area contributed by atoms with Crippen LogP contribution in [0, 0.1) is 6.92 Å². The molecule has 4 nitrogen and oxygen atoms in total. The highest BCUT2D eigenvalue weighted by Crippen LogP contribution is 2.23. The summed E-state index contributed by atoms with van der Waals surface area (Å²) >= 11 is 3.38. The zero-order chi connectivity index (χ0) is 17.8. The van der Waals surface area contributed by atoms with Crippen LogP contribution in [0.1, 0.15) is 39.9 Å². The first kappa shape index (κ1) is 17.7. The molecule has 2 aromatic carbocycles. The highest BCUT2D eigenvalue weighted by molar-refractivity contribution is 9.10. The SMILES string of the molecule is Cc1cc(Br)ccc1NC(=O)COC(=O)c1ccc2c(c1)CCCC2. The van der Waals surface area contributed by atoms with Gasteiger partial charge in [0, 0.05) is 10.2 Å². The van der Waals surface area contributed by atoms with Gasteiger partial charge in [-0.05, 0) is 79.6 Å². The molecule has 0 bridgehead atoms. The Morgan fingerprint density at radius 3 is 2.60 bits per heavy atom. The summed E-state index contributed by atoms with van der Waals surface area (Å²) in [5.74, 6) is -0.812. The number of anilines is 1. The van der Waals surface area contributed by atoms with Crippen LogP contribution >= 0.6 is 15.9 Å². The van der Waals surface area contributed by atoms with E-state index in [-0.39, 0.29) is 12.5 Å². The first-order valence-electron chi connectivity index (χ1n) is 8.38. The van der Waals surface area contributed by atoms with Gasteiger partial charge in [0.05, 0.1) is 5.56 Å². The van der Waals surface area contributed by atoms with Gasteiger partial charge in [-0.1, -0.05) is 22.0 Å². The minimum atomic E-state index is -0.462. The second-order valence-corrected chi connectivity index (χ2v) is 7.19. The van der Waals surface area contributed by atoms with Gasteiger partial charge in [-0.2, -0.15) is 0 Å². The van der Waals surface area contributed by atoms with E-state index in [1.54, 1.807) is 6.07 Å². The molecule has 130 valence electrons. The van der Waals surface area contributed by atoms with Crippen molar-refractivity contribution in [2.24, 2.45) is 0 Å². The topological polar surface area (TPSA) is 55.4 Å². The van der Waals surface area contributed by atoms with Crippen molar-refractivity contribution in [3.05, 3.63) is 63.1 Å². The van der Waals surface area contributed by atoms with Crippen molar-refractivity contribution in [2.45, 2.75) is 32.6 Å². The van der Waals surface area contributed by atoms with Gasteiger partial charge < -0.3 is 10.1 Å². The van der Waals surface area contributed by atoms with Crippen molar-refractivity contribution in [3.8, 4) is 0 Å². The van der Waals surface area contributed by atoms with Gasteiger partial charge in [0.15, 0.2) is 6.61 Å². The van der Waals surface area contributed by atoms with Crippen molar-refractivity contribution in [3.63, 3.8) is 0 Å². The van der Waals surface area contributed by atoms with Crippen LogP contribution in [0.4, 0.5) is 5.69 Å². The van der Waals surface area contributed by atoms with Crippen LogP contribution in [0.25, 0.3) is 0 Å². The number of hydrogen-bond donors (Lipinski definition) is 1. The number of benzene rings is 2. The summed E-state index contributed by atoms with van der Waals surface area (Å²) in [6.07, 6.45) is 4.42. The van der Waals surface area contributed by atoms with Gasteiger partial charge in [0.25, 0.3) is 5.91 Å². The summed E-state index contributed by atoms with van der Waals surface area (Å²) < 4.78 is 6.10. The van der Waals surface area contributed by atoms with Crippen molar-refractivity contribution >= 4 is 33.5 Å². The minimum absolute atomic E-state index is 0.300. The molecule has 0 aliphatic heterocycles. The third kappa shape index (κ3) is 4.48. The maximum Gasteiger partial charge on any atom is 0.338 e. The Morgan fingerprint density at radius 2 is 1.84 bits per heavy atom. The highest BCUT2D eigenvalue weighted by Gasteiger charge is 2.15. The molecule has 1 N–H and O–H groups in total. The molecule has 0 fully saturated rings. The number of ether oxygens (including phenoxy) is 1. The zero-order valence-corrected chi connectivity index (χ0v) is 15.7. The van der Waals surface area contributed by atoms with Crippen LogP contribution in [0.15, 0.2) is 40.9 Å². The molecule has 3 rings (SSSR count). The summed E-state index contributed by atoms with van der Waals surface area (Å²) in [5, 5.41) is 2.76. The first-order valence-corrected chi connectivity index (χ1v) is 9.17. The second kappa shape index (κ2) is 7.83. The Morgan fingerprint density at radius 1 is 1.08 bits per heavy atom. The van der Waals surface area contributed by atoms with E-state index in [9.17, 15) is 9.59 Å². The third-order valence-corrected chi connectivity index (χ3v) is 4.87. The average molecular weight is 402 g/mol. The monoisotopic (exact) mass is 401 g/mol. The van der Waals surface area contributed by atoms with Gasteiger partial charge in [0.2, 0.25) is 0 Å². The molecule has 1 aliphatic rings. The van der Waals surface area contributed by atoms with Gasteiger partial charge in [-0.3, -0.25) is 4.79 Å². The number of nitrogens with one attached hydrogen (secondary N) is 1. The third-order valence-electron chi connectivity index (χ3n) is 4.38. The summed E-state index contributed by atoms with van der Waals surface area (Å²) in [7, 11) is 0. The van der Waals surface area contributed by atoms with Gasteiger partial charge in [-0.25, -0.2) is 4.79 Å². The molecule has 1 amide bonds. The number of fused-ring (bicyclic) bond motifs is 1. The lowest BCUT2D eigenvalue weighted by atomic mass is 9.90. The van der Waals surface area contributed by atoms with Crippen LogP contribution in [0.5, 0.6) is 0 Å². The number of amides is 1. The van der Waals surface area contributed by atoms with E-state index < -0.39 is 5.97 Å². The van der Waals surface area contributed by atoms with Crippen LogP contribution in [0.2, 0.25) is 0 Å². The largest absolute Gasteiger partial charge is 0.452 e.